The molecular weight excluding hydrogens is 354 g/mol. The van der Waals surface area contributed by atoms with E-state index in [4.69, 9.17) is 9.47 Å². The van der Waals surface area contributed by atoms with Crippen LogP contribution in [0.25, 0.3) is 0 Å². The molecule has 140 valence electrons. The third kappa shape index (κ3) is 3.88. The van der Waals surface area contributed by atoms with E-state index in [1.165, 1.54) is 0 Å². The van der Waals surface area contributed by atoms with Crippen LogP contribution in [0.3, 0.4) is 0 Å². The summed E-state index contributed by atoms with van der Waals surface area (Å²) in [5.74, 6) is 0.592. The summed E-state index contributed by atoms with van der Waals surface area (Å²) in [6.45, 7) is 0.689. The first-order chi connectivity index (χ1) is 13.7. The van der Waals surface area contributed by atoms with Gasteiger partial charge >= 0.3 is 6.09 Å². The van der Waals surface area contributed by atoms with E-state index in [0.29, 0.717) is 23.4 Å². The average Bonchev–Trinajstić information content (AvgIpc) is 3.14. The maximum Gasteiger partial charge on any atom is 0.414 e. The van der Waals surface area contributed by atoms with Gasteiger partial charge in [0.15, 0.2) is 11.9 Å². The van der Waals surface area contributed by atoms with Gasteiger partial charge in [0.2, 0.25) is 0 Å². The van der Waals surface area contributed by atoms with E-state index >= 15 is 0 Å². The predicted octanol–water partition coefficient (Wildman–Crippen LogP) is 4.32. The quantitative estimate of drug-likeness (QED) is 0.604. The fourth-order valence-corrected chi connectivity index (χ4v) is 3.08. The summed E-state index contributed by atoms with van der Waals surface area (Å²) in [5, 5.41) is 0. The molecule has 1 amide bonds. The van der Waals surface area contributed by atoms with Crippen molar-refractivity contribution in [1.82, 2.24) is 0 Å². The number of para-hydroxylation sites is 1. The fraction of sp³-hybridized carbons (Fsp3) is 0.130. The molecule has 3 aromatic rings. The zero-order valence-corrected chi connectivity index (χ0v) is 15.2. The third-order valence-corrected chi connectivity index (χ3v) is 4.53. The number of carbonyl (C=O) groups excluding carboxylic acids is 2. The lowest BCUT2D eigenvalue weighted by Gasteiger charge is -2.13. The normalized spacial score (nSPS) is 15.9. The molecule has 4 rings (SSSR count). The number of cyclic esters (lactones) is 1. The van der Waals surface area contributed by atoms with Crippen molar-refractivity contribution in [3.8, 4) is 5.75 Å². The summed E-state index contributed by atoms with van der Waals surface area (Å²) in [7, 11) is 0. The lowest BCUT2D eigenvalue weighted by molar-refractivity contribution is 0.103. The number of ketones is 1. The zero-order valence-electron chi connectivity index (χ0n) is 15.2. The van der Waals surface area contributed by atoms with Gasteiger partial charge in [0.1, 0.15) is 12.4 Å². The lowest BCUT2D eigenvalue weighted by atomic mass is 10.0. The molecule has 0 radical (unpaired) electrons. The molecule has 1 unspecified atom stereocenters. The molecule has 0 saturated carbocycles. The molecule has 0 spiro atoms. The molecule has 1 fully saturated rings. The van der Waals surface area contributed by atoms with Gasteiger partial charge in [0, 0.05) is 16.8 Å². The van der Waals surface area contributed by atoms with Crippen LogP contribution in [0.5, 0.6) is 5.75 Å². The first-order valence-corrected chi connectivity index (χ1v) is 9.06. The van der Waals surface area contributed by atoms with Gasteiger partial charge < -0.3 is 9.47 Å². The maximum absolute atomic E-state index is 12.4. The van der Waals surface area contributed by atoms with Crippen LogP contribution in [0, 0.1) is 0 Å². The molecule has 5 heteroatoms. The Morgan fingerprint density at radius 2 is 1.50 bits per heavy atom. The second-order valence-corrected chi connectivity index (χ2v) is 6.48. The Bertz CT molecular complexity index is 955. The molecule has 1 saturated heterocycles. The van der Waals surface area contributed by atoms with Crippen molar-refractivity contribution in [2.45, 2.75) is 6.10 Å². The van der Waals surface area contributed by atoms with Crippen molar-refractivity contribution in [2.24, 2.45) is 0 Å². The number of carbonyl (C=O) groups is 2. The molecule has 0 N–H and O–H groups in total. The van der Waals surface area contributed by atoms with Gasteiger partial charge in [-0.25, -0.2) is 4.79 Å². The van der Waals surface area contributed by atoms with Gasteiger partial charge in [0.05, 0.1) is 6.54 Å². The Labute approximate surface area is 163 Å². The van der Waals surface area contributed by atoms with E-state index in [-0.39, 0.29) is 24.6 Å². The van der Waals surface area contributed by atoms with Gasteiger partial charge in [-0.1, -0.05) is 48.5 Å². The molecule has 0 aromatic heterocycles. The Kier molecular flexibility index (Phi) is 5.06. The highest BCUT2D eigenvalue weighted by molar-refractivity contribution is 6.08. The minimum atomic E-state index is -0.372. The zero-order chi connectivity index (χ0) is 19.3. The molecular formula is C23H19NO4. The van der Waals surface area contributed by atoms with E-state index in [2.05, 4.69) is 0 Å². The monoisotopic (exact) mass is 373 g/mol. The number of hydrogen-bond acceptors (Lipinski definition) is 4. The first kappa shape index (κ1) is 17.8. The van der Waals surface area contributed by atoms with Gasteiger partial charge in [0.25, 0.3) is 0 Å². The van der Waals surface area contributed by atoms with Gasteiger partial charge in [-0.2, -0.15) is 0 Å². The Morgan fingerprint density at radius 3 is 2.18 bits per heavy atom. The molecule has 1 aliphatic rings. The van der Waals surface area contributed by atoms with Crippen molar-refractivity contribution in [2.75, 3.05) is 18.1 Å². The van der Waals surface area contributed by atoms with E-state index in [1.54, 1.807) is 41.3 Å². The molecule has 1 aliphatic heterocycles. The Balaban J connectivity index is 1.34. The average molecular weight is 373 g/mol. The van der Waals surface area contributed by atoms with Crippen LogP contribution >= 0.6 is 0 Å². The summed E-state index contributed by atoms with van der Waals surface area (Å²) in [4.78, 5) is 26.1. The smallest absolute Gasteiger partial charge is 0.414 e. The minimum absolute atomic E-state index is 0.0321. The molecule has 1 atom stereocenters. The highest BCUT2D eigenvalue weighted by Crippen LogP contribution is 2.22. The van der Waals surface area contributed by atoms with Crippen molar-refractivity contribution in [1.29, 1.82) is 0 Å². The summed E-state index contributed by atoms with van der Waals surface area (Å²) in [6.07, 6.45) is -0.720. The van der Waals surface area contributed by atoms with Crippen LogP contribution < -0.4 is 9.64 Å². The van der Waals surface area contributed by atoms with Gasteiger partial charge in [-0.15, -0.1) is 0 Å². The van der Waals surface area contributed by atoms with Crippen LogP contribution in [0.1, 0.15) is 15.9 Å². The number of amides is 1. The minimum Gasteiger partial charge on any atom is -0.490 e. The lowest BCUT2D eigenvalue weighted by Crippen LogP contribution is -2.26. The number of ether oxygens (including phenoxy) is 2. The first-order valence-electron chi connectivity index (χ1n) is 9.06. The van der Waals surface area contributed by atoms with Crippen molar-refractivity contribution in [3.63, 3.8) is 0 Å². The van der Waals surface area contributed by atoms with Crippen LogP contribution in [0.2, 0.25) is 0 Å². The SMILES string of the molecule is O=C(c1ccccc1)c1ccc(OCC2CN(c3ccccc3)C(=O)O2)cc1. The van der Waals surface area contributed by atoms with E-state index < -0.39 is 0 Å². The van der Waals surface area contributed by atoms with Gasteiger partial charge in [-0.3, -0.25) is 9.69 Å². The Hall–Kier alpha value is -3.60. The van der Waals surface area contributed by atoms with E-state index in [1.807, 2.05) is 48.5 Å². The molecule has 1 heterocycles. The van der Waals surface area contributed by atoms with E-state index in [0.717, 1.165) is 5.69 Å². The van der Waals surface area contributed by atoms with Crippen LogP contribution in [0.15, 0.2) is 84.9 Å². The molecule has 3 aromatic carbocycles. The predicted molar refractivity (Wildman–Crippen MR) is 106 cm³/mol. The largest absolute Gasteiger partial charge is 0.490 e. The van der Waals surface area contributed by atoms with Crippen molar-refractivity contribution < 1.29 is 19.1 Å². The standard InChI is InChI=1S/C23H19NO4/c25-22(17-7-3-1-4-8-17)18-11-13-20(14-12-18)27-16-21-15-24(23(26)28-21)19-9-5-2-6-10-19/h1-14,21H,15-16H2. The van der Waals surface area contributed by atoms with Crippen molar-refractivity contribution >= 4 is 17.6 Å². The van der Waals surface area contributed by atoms with E-state index in [9.17, 15) is 9.59 Å². The van der Waals surface area contributed by atoms with Crippen LogP contribution in [-0.4, -0.2) is 31.1 Å². The number of hydrogen-bond donors (Lipinski definition) is 0. The number of benzene rings is 3. The highest BCUT2D eigenvalue weighted by atomic mass is 16.6. The fourth-order valence-electron chi connectivity index (χ4n) is 3.08. The maximum atomic E-state index is 12.4. The second-order valence-electron chi connectivity index (χ2n) is 6.48. The summed E-state index contributed by atoms with van der Waals surface area (Å²) >= 11 is 0. The third-order valence-electron chi connectivity index (χ3n) is 4.53. The molecule has 28 heavy (non-hydrogen) atoms. The molecule has 0 bridgehead atoms. The highest BCUT2D eigenvalue weighted by Gasteiger charge is 2.32. The summed E-state index contributed by atoms with van der Waals surface area (Å²) in [5.41, 5.74) is 2.05. The number of nitrogens with zero attached hydrogens (tertiary/aromatic N) is 1. The topological polar surface area (TPSA) is 55.8 Å². The summed E-state index contributed by atoms with van der Waals surface area (Å²) < 4.78 is 11.1. The molecule has 0 aliphatic carbocycles. The van der Waals surface area contributed by atoms with Crippen LogP contribution in [-0.2, 0) is 4.74 Å². The number of anilines is 1. The van der Waals surface area contributed by atoms with Crippen molar-refractivity contribution in [3.05, 3.63) is 96.1 Å². The molecule has 5 nitrogen and oxygen atoms in total. The van der Waals surface area contributed by atoms with Crippen LogP contribution in [0.4, 0.5) is 10.5 Å². The van der Waals surface area contributed by atoms with Gasteiger partial charge in [-0.05, 0) is 36.4 Å². The second kappa shape index (κ2) is 7.96. The Morgan fingerprint density at radius 1 is 0.893 bits per heavy atom. The summed E-state index contributed by atoms with van der Waals surface area (Å²) in [6, 6.07) is 25.5. The number of rotatable bonds is 6.